The van der Waals surface area contributed by atoms with Crippen molar-refractivity contribution in [3.8, 4) is 0 Å². The van der Waals surface area contributed by atoms with Gasteiger partial charge in [-0.1, -0.05) is 22.6 Å². The number of rotatable bonds is 7. The Morgan fingerprint density at radius 2 is 1.85 bits per heavy atom. The van der Waals surface area contributed by atoms with Crippen molar-refractivity contribution in [2.45, 2.75) is 39.2 Å². The summed E-state index contributed by atoms with van der Waals surface area (Å²) in [6.07, 6.45) is 2.59. The summed E-state index contributed by atoms with van der Waals surface area (Å²) in [5.74, 6) is 0. The Morgan fingerprint density at radius 1 is 1.15 bits per heavy atom. The Bertz CT molecular complexity index is 112. The standard InChI is InChI=1S/C10H22INO/c1-10(2,3)13-9-8-12-7-5-4-6-11/h12H,4-9H2,1-3H3. The molecule has 0 heterocycles. The van der Waals surface area contributed by atoms with Gasteiger partial charge in [-0.25, -0.2) is 0 Å². The van der Waals surface area contributed by atoms with E-state index in [1.165, 1.54) is 17.3 Å². The van der Waals surface area contributed by atoms with Gasteiger partial charge in [-0.2, -0.15) is 0 Å². The molecule has 80 valence electrons. The zero-order valence-electron chi connectivity index (χ0n) is 9.03. The number of ether oxygens (including phenoxy) is 1. The van der Waals surface area contributed by atoms with Crippen molar-refractivity contribution < 1.29 is 4.74 Å². The Kier molecular flexibility index (Phi) is 8.40. The van der Waals surface area contributed by atoms with Gasteiger partial charge in [-0.3, -0.25) is 0 Å². The average Bonchev–Trinajstić information content (AvgIpc) is 2.01. The highest BCUT2D eigenvalue weighted by Gasteiger charge is 2.08. The second-order valence-corrected chi connectivity index (χ2v) is 5.19. The fourth-order valence-electron chi connectivity index (χ4n) is 0.899. The van der Waals surface area contributed by atoms with E-state index < -0.39 is 0 Å². The summed E-state index contributed by atoms with van der Waals surface area (Å²) < 4.78 is 6.83. The largest absolute Gasteiger partial charge is 0.375 e. The lowest BCUT2D eigenvalue weighted by Crippen LogP contribution is -2.27. The molecule has 0 amide bonds. The summed E-state index contributed by atoms with van der Waals surface area (Å²) in [5.41, 5.74) is 0.00386. The third kappa shape index (κ3) is 12.6. The molecule has 13 heavy (non-hydrogen) atoms. The monoisotopic (exact) mass is 299 g/mol. The molecule has 3 heteroatoms. The van der Waals surface area contributed by atoms with Crippen molar-refractivity contribution in [3.63, 3.8) is 0 Å². The molecule has 0 radical (unpaired) electrons. The fourth-order valence-corrected chi connectivity index (χ4v) is 1.44. The molecule has 0 aromatic heterocycles. The van der Waals surface area contributed by atoms with Crippen LogP contribution in [0.5, 0.6) is 0 Å². The van der Waals surface area contributed by atoms with Crippen molar-refractivity contribution in [1.82, 2.24) is 5.32 Å². The minimum absolute atomic E-state index is 0.00386. The molecular formula is C10H22INO. The van der Waals surface area contributed by atoms with Crippen LogP contribution in [0.1, 0.15) is 33.6 Å². The summed E-state index contributed by atoms with van der Waals surface area (Å²) in [5, 5.41) is 3.36. The van der Waals surface area contributed by atoms with Crippen LogP contribution in [0.25, 0.3) is 0 Å². The second-order valence-electron chi connectivity index (χ2n) is 4.11. The molecule has 0 fully saturated rings. The molecule has 0 aromatic carbocycles. The number of halogens is 1. The first-order chi connectivity index (χ1) is 6.06. The molecule has 0 unspecified atom stereocenters. The van der Waals surface area contributed by atoms with Gasteiger partial charge in [0, 0.05) is 6.54 Å². The molecule has 0 rings (SSSR count). The second kappa shape index (κ2) is 8.00. The van der Waals surface area contributed by atoms with E-state index >= 15 is 0 Å². The van der Waals surface area contributed by atoms with Crippen molar-refractivity contribution >= 4 is 22.6 Å². The Labute approximate surface area is 95.9 Å². The quantitative estimate of drug-likeness (QED) is 0.443. The van der Waals surface area contributed by atoms with E-state index in [4.69, 9.17) is 4.74 Å². The molecule has 0 saturated carbocycles. The van der Waals surface area contributed by atoms with Crippen LogP contribution in [0, 0.1) is 0 Å². The maximum Gasteiger partial charge on any atom is 0.0599 e. The Morgan fingerprint density at radius 3 is 2.38 bits per heavy atom. The summed E-state index contributed by atoms with van der Waals surface area (Å²) in [6, 6.07) is 0. The van der Waals surface area contributed by atoms with E-state index in [2.05, 4.69) is 48.7 Å². The summed E-state index contributed by atoms with van der Waals surface area (Å²) in [7, 11) is 0. The summed E-state index contributed by atoms with van der Waals surface area (Å²) in [6.45, 7) is 9.16. The molecule has 0 aromatic rings. The maximum absolute atomic E-state index is 5.57. The van der Waals surface area contributed by atoms with Crippen molar-refractivity contribution in [2.24, 2.45) is 0 Å². The van der Waals surface area contributed by atoms with Crippen LogP contribution in [0.4, 0.5) is 0 Å². The van der Waals surface area contributed by atoms with Crippen LogP contribution in [0.3, 0.4) is 0 Å². The Hall–Kier alpha value is 0.650. The average molecular weight is 299 g/mol. The van der Waals surface area contributed by atoms with E-state index in [0.29, 0.717) is 0 Å². The third-order valence-corrected chi connectivity index (χ3v) is 2.31. The van der Waals surface area contributed by atoms with Crippen molar-refractivity contribution in [1.29, 1.82) is 0 Å². The lowest BCUT2D eigenvalue weighted by Gasteiger charge is -2.19. The SMILES string of the molecule is CC(C)(C)OCCNCCCCI. The molecule has 0 saturated heterocycles. The molecular weight excluding hydrogens is 277 g/mol. The number of nitrogens with one attached hydrogen (secondary N) is 1. The highest BCUT2D eigenvalue weighted by molar-refractivity contribution is 14.1. The normalized spacial score (nSPS) is 12.0. The third-order valence-electron chi connectivity index (χ3n) is 1.55. The number of alkyl halides is 1. The molecule has 0 atom stereocenters. The fraction of sp³-hybridized carbons (Fsp3) is 1.00. The minimum atomic E-state index is 0.00386. The van der Waals surface area contributed by atoms with Crippen LogP contribution in [0.15, 0.2) is 0 Å². The van der Waals surface area contributed by atoms with Gasteiger partial charge in [-0.05, 0) is 44.6 Å². The number of unbranched alkanes of at least 4 members (excludes halogenated alkanes) is 1. The van der Waals surface area contributed by atoms with Crippen molar-refractivity contribution in [3.05, 3.63) is 0 Å². The molecule has 0 spiro atoms. The Balaban J connectivity index is 3.00. The van der Waals surface area contributed by atoms with Gasteiger partial charge in [0.1, 0.15) is 0 Å². The molecule has 0 bridgehead atoms. The lowest BCUT2D eigenvalue weighted by molar-refractivity contribution is -0.000748. The molecule has 0 aliphatic rings. The molecule has 0 aliphatic heterocycles. The molecule has 2 nitrogen and oxygen atoms in total. The smallest absolute Gasteiger partial charge is 0.0599 e. The van der Waals surface area contributed by atoms with Crippen LogP contribution in [-0.2, 0) is 4.74 Å². The van der Waals surface area contributed by atoms with Crippen LogP contribution in [0.2, 0.25) is 0 Å². The number of hydrogen-bond donors (Lipinski definition) is 1. The van der Waals surface area contributed by atoms with Gasteiger partial charge in [0.2, 0.25) is 0 Å². The van der Waals surface area contributed by atoms with Crippen LogP contribution < -0.4 is 5.32 Å². The zero-order valence-corrected chi connectivity index (χ0v) is 11.2. The number of hydrogen-bond acceptors (Lipinski definition) is 2. The summed E-state index contributed by atoms with van der Waals surface area (Å²) in [4.78, 5) is 0. The maximum atomic E-state index is 5.57. The van der Waals surface area contributed by atoms with Gasteiger partial charge >= 0.3 is 0 Å². The molecule has 1 N–H and O–H groups in total. The minimum Gasteiger partial charge on any atom is -0.375 e. The predicted molar refractivity (Wildman–Crippen MR) is 66.7 cm³/mol. The van der Waals surface area contributed by atoms with Gasteiger partial charge in [0.15, 0.2) is 0 Å². The van der Waals surface area contributed by atoms with E-state index in [1.54, 1.807) is 0 Å². The van der Waals surface area contributed by atoms with Gasteiger partial charge < -0.3 is 10.1 Å². The van der Waals surface area contributed by atoms with E-state index in [-0.39, 0.29) is 5.60 Å². The van der Waals surface area contributed by atoms with E-state index in [0.717, 1.165) is 19.7 Å². The first-order valence-electron chi connectivity index (χ1n) is 4.97. The van der Waals surface area contributed by atoms with E-state index in [1.807, 2.05) is 0 Å². The topological polar surface area (TPSA) is 21.3 Å². The van der Waals surface area contributed by atoms with Crippen LogP contribution >= 0.6 is 22.6 Å². The van der Waals surface area contributed by atoms with Gasteiger partial charge in [0.25, 0.3) is 0 Å². The van der Waals surface area contributed by atoms with Gasteiger partial charge in [-0.15, -0.1) is 0 Å². The predicted octanol–water partition coefficient (Wildman–Crippen LogP) is 2.61. The van der Waals surface area contributed by atoms with Crippen molar-refractivity contribution in [2.75, 3.05) is 24.1 Å². The highest BCUT2D eigenvalue weighted by atomic mass is 127. The van der Waals surface area contributed by atoms with Crippen LogP contribution in [-0.4, -0.2) is 29.7 Å². The van der Waals surface area contributed by atoms with E-state index in [9.17, 15) is 0 Å². The molecule has 0 aliphatic carbocycles. The first kappa shape index (κ1) is 13.7. The summed E-state index contributed by atoms with van der Waals surface area (Å²) >= 11 is 2.41. The zero-order chi connectivity index (χ0) is 10.2. The lowest BCUT2D eigenvalue weighted by atomic mass is 10.2. The highest BCUT2D eigenvalue weighted by Crippen LogP contribution is 2.04. The van der Waals surface area contributed by atoms with Gasteiger partial charge in [0.05, 0.1) is 12.2 Å². The first-order valence-corrected chi connectivity index (χ1v) is 6.49.